The van der Waals surface area contributed by atoms with Crippen molar-refractivity contribution in [1.82, 2.24) is 0 Å². The van der Waals surface area contributed by atoms with E-state index in [1.54, 1.807) is 48.5 Å². The van der Waals surface area contributed by atoms with Crippen LogP contribution in [0.5, 0.6) is 23.0 Å². The highest BCUT2D eigenvalue weighted by atomic mass is 32.2. The summed E-state index contributed by atoms with van der Waals surface area (Å²) in [5.74, 6) is -0.832. The largest absolute Gasteiger partial charge is 0.504 e. The molecule has 0 amide bonds. The summed E-state index contributed by atoms with van der Waals surface area (Å²) in [6.07, 6.45) is 0. The van der Waals surface area contributed by atoms with E-state index in [9.17, 15) is 18.6 Å². The quantitative estimate of drug-likeness (QED) is 0.706. The molecule has 0 unspecified atom stereocenters. The van der Waals surface area contributed by atoms with Gasteiger partial charge in [0, 0.05) is 12.1 Å². The summed E-state index contributed by atoms with van der Waals surface area (Å²) in [6.45, 7) is 0. The number of sulfone groups is 1. The van der Waals surface area contributed by atoms with Crippen LogP contribution < -0.4 is 4.74 Å². The fourth-order valence-electron chi connectivity index (χ4n) is 2.15. The van der Waals surface area contributed by atoms with Gasteiger partial charge in [0.15, 0.2) is 11.5 Å². The molecule has 0 saturated heterocycles. The van der Waals surface area contributed by atoms with Gasteiger partial charge in [0.1, 0.15) is 5.75 Å². The number of hydrogen-bond acceptors (Lipinski definition) is 5. The topological polar surface area (TPSA) is 83.8 Å². The Balaban J connectivity index is 2.08. The minimum absolute atomic E-state index is 0.0840. The van der Waals surface area contributed by atoms with Crippen LogP contribution in [0, 0.1) is 0 Å². The average molecular weight is 342 g/mol. The standard InChI is InChI=1S/C18H14O5S/c19-16-11-15(24(21,22)14-9-5-2-6-10-14)12-17(18(16)20)23-13-7-3-1-4-8-13/h1-12,19-20H. The molecule has 0 atom stereocenters. The number of hydrogen-bond donors (Lipinski definition) is 2. The number of para-hydroxylation sites is 1. The first-order chi connectivity index (χ1) is 11.5. The first-order valence-corrected chi connectivity index (χ1v) is 8.56. The zero-order chi connectivity index (χ0) is 17.2. The fourth-order valence-corrected chi connectivity index (χ4v) is 3.47. The Hall–Kier alpha value is -2.99. The molecule has 0 radical (unpaired) electrons. The summed E-state index contributed by atoms with van der Waals surface area (Å²) in [7, 11) is -3.84. The number of benzene rings is 3. The van der Waals surface area contributed by atoms with E-state index >= 15 is 0 Å². The molecule has 0 aliphatic heterocycles. The van der Waals surface area contributed by atoms with Gasteiger partial charge in [-0.05, 0) is 24.3 Å². The van der Waals surface area contributed by atoms with Crippen LogP contribution in [0.1, 0.15) is 0 Å². The molecule has 0 aliphatic rings. The summed E-state index contributed by atoms with van der Waals surface area (Å²) in [5, 5.41) is 19.8. The average Bonchev–Trinajstić information content (AvgIpc) is 2.60. The van der Waals surface area contributed by atoms with Gasteiger partial charge in [0.25, 0.3) is 0 Å². The zero-order valence-corrected chi connectivity index (χ0v) is 13.3. The number of ether oxygens (including phenoxy) is 1. The lowest BCUT2D eigenvalue weighted by Gasteiger charge is -2.12. The molecule has 0 bridgehead atoms. The molecule has 3 rings (SSSR count). The smallest absolute Gasteiger partial charge is 0.206 e. The van der Waals surface area contributed by atoms with Crippen molar-refractivity contribution in [3.05, 3.63) is 72.8 Å². The highest BCUT2D eigenvalue weighted by Gasteiger charge is 2.22. The Labute approximate surface area is 139 Å². The highest BCUT2D eigenvalue weighted by molar-refractivity contribution is 7.91. The molecule has 0 fully saturated rings. The Kier molecular flexibility index (Phi) is 4.14. The lowest BCUT2D eigenvalue weighted by atomic mass is 10.3. The van der Waals surface area contributed by atoms with E-state index in [1.807, 2.05) is 0 Å². The number of rotatable bonds is 4. The van der Waals surface area contributed by atoms with E-state index in [1.165, 1.54) is 18.2 Å². The molecule has 0 aliphatic carbocycles. The van der Waals surface area contributed by atoms with Crippen molar-refractivity contribution >= 4 is 9.84 Å². The highest BCUT2D eigenvalue weighted by Crippen LogP contribution is 2.41. The van der Waals surface area contributed by atoms with Crippen molar-refractivity contribution in [2.45, 2.75) is 9.79 Å². The van der Waals surface area contributed by atoms with Gasteiger partial charge in [-0.2, -0.15) is 0 Å². The van der Waals surface area contributed by atoms with Gasteiger partial charge in [-0.15, -0.1) is 0 Å². The van der Waals surface area contributed by atoms with Crippen LogP contribution in [0.15, 0.2) is 82.6 Å². The minimum atomic E-state index is -3.84. The lowest BCUT2D eigenvalue weighted by Crippen LogP contribution is -2.02. The maximum absolute atomic E-state index is 12.7. The number of aromatic hydroxyl groups is 2. The van der Waals surface area contributed by atoms with Gasteiger partial charge in [-0.1, -0.05) is 36.4 Å². The third kappa shape index (κ3) is 3.04. The molecular formula is C18H14O5S. The van der Waals surface area contributed by atoms with Crippen LogP contribution in [-0.4, -0.2) is 18.6 Å². The summed E-state index contributed by atoms with van der Waals surface area (Å²) in [5.41, 5.74) is 0. The zero-order valence-electron chi connectivity index (χ0n) is 12.5. The summed E-state index contributed by atoms with van der Waals surface area (Å²) in [6, 6.07) is 18.6. The molecule has 0 spiro atoms. The number of phenols is 2. The van der Waals surface area contributed by atoms with Gasteiger partial charge >= 0.3 is 0 Å². The van der Waals surface area contributed by atoms with Crippen molar-refractivity contribution in [2.75, 3.05) is 0 Å². The Morgan fingerprint density at radius 3 is 1.96 bits per heavy atom. The molecular weight excluding hydrogens is 328 g/mol. The van der Waals surface area contributed by atoms with E-state index in [-0.39, 0.29) is 15.5 Å². The van der Waals surface area contributed by atoms with E-state index in [0.717, 1.165) is 6.07 Å². The molecule has 2 N–H and O–H groups in total. The van der Waals surface area contributed by atoms with Crippen LogP contribution in [0.25, 0.3) is 0 Å². The van der Waals surface area contributed by atoms with Crippen LogP contribution in [-0.2, 0) is 9.84 Å². The van der Waals surface area contributed by atoms with E-state index < -0.39 is 21.3 Å². The van der Waals surface area contributed by atoms with Gasteiger partial charge in [0.2, 0.25) is 15.6 Å². The predicted octanol–water partition coefficient (Wildman–Crippen LogP) is 3.72. The Bertz CT molecular complexity index is 951. The molecule has 3 aromatic rings. The minimum Gasteiger partial charge on any atom is -0.504 e. The first kappa shape index (κ1) is 15.9. The molecule has 5 nitrogen and oxygen atoms in total. The van der Waals surface area contributed by atoms with Gasteiger partial charge < -0.3 is 14.9 Å². The summed E-state index contributed by atoms with van der Waals surface area (Å²) < 4.78 is 30.8. The Morgan fingerprint density at radius 1 is 0.750 bits per heavy atom. The van der Waals surface area contributed by atoms with Gasteiger partial charge in [-0.25, -0.2) is 8.42 Å². The van der Waals surface area contributed by atoms with Crippen molar-refractivity contribution < 1.29 is 23.4 Å². The van der Waals surface area contributed by atoms with Crippen LogP contribution in [0.3, 0.4) is 0 Å². The monoisotopic (exact) mass is 342 g/mol. The summed E-state index contributed by atoms with van der Waals surface area (Å²) >= 11 is 0. The number of phenolic OH excluding ortho intramolecular Hbond substituents is 2. The van der Waals surface area contributed by atoms with Gasteiger partial charge in [-0.3, -0.25) is 0 Å². The lowest BCUT2D eigenvalue weighted by molar-refractivity contribution is 0.371. The Morgan fingerprint density at radius 2 is 1.33 bits per heavy atom. The molecule has 24 heavy (non-hydrogen) atoms. The predicted molar refractivity (Wildman–Crippen MR) is 88.2 cm³/mol. The van der Waals surface area contributed by atoms with Crippen molar-refractivity contribution in [1.29, 1.82) is 0 Å². The summed E-state index contributed by atoms with van der Waals surface area (Å²) in [4.78, 5) is -0.0873. The van der Waals surface area contributed by atoms with Crippen LogP contribution in [0.2, 0.25) is 0 Å². The molecule has 0 heterocycles. The maximum Gasteiger partial charge on any atom is 0.206 e. The normalized spacial score (nSPS) is 11.2. The van der Waals surface area contributed by atoms with Crippen molar-refractivity contribution in [3.63, 3.8) is 0 Å². The SMILES string of the molecule is O=S(=O)(c1ccccc1)c1cc(O)c(O)c(Oc2ccccc2)c1. The molecule has 0 aromatic heterocycles. The van der Waals surface area contributed by atoms with E-state index in [4.69, 9.17) is 4.74 Å². The third-order valence-corrected chi connectivity index (χ3v) is 5.11. The second-order valence-corrected chi connectivity index (χ2v) is 6.97. The van der Waals surface area contributed by atoms with Gasteiger partial charge in [0.05, 0.1) is 9.79 Å². The molecule has 122 valence electrons. The molecule has 6 heteroatoms. The van der Waals surface area contributed by atoms with Crippen molar-refractivity contribution in [3.8, 4) is 23.0 Å². The molecule has 0 saturated carbocycles. The van der Waals surface area contributed by atoms with Crippen molar-refractivity contribution in [2.24, 2.45) is 0 Å². The van der Waals surface area contributed by atoms with Crippen LogP contribution >= 0.6 is 0 Å². The van der Waals surface area contributed by atoms with E-state index in [0.29, 0.717) is 5.75 Å². The fraction of sp³-hybridized carbons (Fsp3) is 0. The van der Waals surface area contributed by atoms with Crippen LogP contribution in [0.4, 0.5) is 0 Å². The second-order valence-electron chi connectivity index (χ2n) is 5.02. The maximum atomic E-state index is 12.7. The van der Waals surface area contributed by atoms with E-state index in [2.05, 4.69) is 0 Å². The molecule has 3 aromatic carbocycles. The second kappa shape index (κ2) is 6.25. The first-order valence-electron chi connectivity index (χ1n) is 7.07. The third-order valence-electron chi connectivity index (χ3n) is 3.36.